The summed E-state index contributed by atoms with van der Waals surface area (Å²) in [6.45, 7) is 3.67. The minimum absolute atomic E-state index is 0.218. The Kier molecular flexibility index (Phi) is 7.29. The number of carboxylic acid groups (broad SMARTS) is 1. The molecule has 0 fully saturated rings. The lowest BCUT2D eigenvalue weighted by Gasteiger charge is -2.27. The third kappa shape index (κ3) is 9.89. The summed E-state index contributed by atoms with van der Waals surface area (Å²) in [5.41, 5.74) is -0.740. The predicted octanol–water partition coefficient (Wildman–Crippen LogP) is 0.143. The van der Waals surface area contributed by atoms with Crippen molar-refractivity contribution in [3.63, 3.8) is 0 Å². The molecule has 1 atom stereocenters. The molecule has 0 saturated carbocycles. The summed E-state index contributed by atoms with van der Waals surface area (Å²) in [5, 5.41) is 21.5. The maximum absolute atomic E-state index is 10.2. The number of likely N-dealkylation sites (N-methyl/N-ethyl adjacent to an activating group) is 1. The summed E-state index contributed by atoms with van der Waals surface area (Å²) < 4.78 is 0. The van der Waals surface area contributed by atoms with Crippen molar-refractivity contribution in [2.24, 2.45) is 0 Å². The maximum atomic E-state index is 10.2. The summed E-state index contributed by atoms with van der Waals surface area (Å²) in [6.07, 6.45) is 1.72. The molecular weight excluding hydrogens is 208 g/mol. The number of carboxylic acids is 1. The number of unbranched alkanes of at least 4 members (excludes halogenated alkanes) is 1. The van der Waals surface area contributed by atoms with Gasteiger partial charge in [-0.3, -0.25) is 4.79 Å². The van der Waals surface area contributed by atoms with Gasteiger partial charge >= 0.3 is 5.97 Å². The molecule has 0 aromatic carbocycles. The molecule has 1 unspecified atom stereocenters. The molecule has 0 amide bonds. The summed E-state index contributed by atoms with van der Waals surface area (Å²) in [4.78, 5) is 12.2. The van der Waals surface area contributed by atoms with Crippen LogP contribution in [0.25, 0.3) is 0 Å². The van der Waals surface area contributed by atoms with E-state index >= 15 is 0 Å². The van der Waals surface area contributed by atoms with Gasteiger partial charge in [0.05, 0.1) is 5.60 Å². The van der Waals surface area contributed by atoms with Crippen LogP contribution in [0.3, 0.4) is 0 Å². The van der Waals surface area contributed by atoms with Gasteiger partial charge in [0.2, 0.25) is 0 Å². The molecule has 0 aromatic heterocycles. The Bertz CT molecular complexity index is 205. The van der Waals surface area contributed by atoms with E-state index in [0.29, 0.717) is 19.5 Å². The highest BCUT2D eigenvalue weighted by molar-refractivity contribution is 5.66. The first kappa shape index (κ1) is 15.3. The summed E-state index contributed by atoms with van der Waals surface area (Å²) in [5.74, 6) is -0.750. The van der Waals surface area contributed by atoms with Crippen LogP contribution in [0.2, 0.25) is 0 Å². The molecule has 96 valence electrons. The second-order valence-electron chi connectivity index (χ2n) is 4.76. The van der Waals surface area contributed by atoms with Crippen LogP contribution in [0.4, 0.5) is 0 Å². The number of aliphatic carboxylic acids is 1. The fourth-order valence-corrected chi connectivity index (χ4v) is 1.62. The maximum Gasteiger partial charge on any atom is 0.303 e. The molecule has 5 nitrogen and oxygen atoms in total. The van der Waals surface area contributed by atoms with Gasteiger partial charge in [-0.05, 0) is 40.4 Å². The van der Waals surface area contributed by atoms with Crippen LogP contribution < -0.4 is 5.32 Å². The van der Waals surface area contributed by atoms with Gasteiger partial charge in [0.15, 0.2) is 0 Å². The van der Waals surface area contributed by atoms with Gasteiger partial charge in [-0.2, -0.15) is 0 Å². The Morgan fingerprint density at radius 1 is 1.38 bits per heavy atom. The lowest BCUT2D eigenvalue weighted by atomic mass is 10.1. The van der Waals surface area contributed by atoms with Crippen molar-refractivity contribution < 1.29 is 15.0 Å². The second kappa shape index (κ2) is 7.60. The van der Waals surface area contributed by atoms with E-state index in [9.17, 15) is 9.90 Å². The van der Waals surface area contributed by atoms with Crippen LogP contribution in [0, 0.1) is 0 Å². The van der Waals surface area contributed by atoms with Crippen LogP contribution in [-0.4, -0.2) is 60.4 Å². The highest BCUT2D eigenvalue weighted by atomic mass is 16.4. The molecule has 0 spiro atoms. The number of aliphatic hydroxyl groups is 1. The summed E-state index contributed by atoms with van der Waals surface area (Å²) >= 11 is 0. The highest BCUT2D eigenvalue weighted by Gasteiger charge is 2.20. The fourth-order valence-electron chi connectivity index (χ4n) is 1.62. The minimum atomic E-state index is -0.750. The van der Waals surface area contributed by atoms with Gasteiger partial charge < -0.3 is 20.4 Å². The molecule has 0 aliphatic heterocycles. The molecule has 0 aliphatic rings. The van der Waals surface area contributed by atoms with Crippen molar-refractivity contribution in [2.45, 2.75) is 31.8 Å². The van der Waals surface area contributed by atoms with Crippen LogP contribution in [0.15, 0.2) is 0 Å². The molecule has 16 heavy (non-hydrogen) atoms. The lowest BCUT2D eigenvalue weighted by molar-refractivity contribution is -0.137. The quantitative estimate of drug-likeness (QED) is 0.493. The summed E-state index contributed by atoms with van der Waals surface area (Å²) in [6, 6.07) is 0. The zero-order valence-corrected chi connectivity index (χ0v) is 10.5. The van der Waals surface area contributed by atoms with Gasteiger partial charge in [0.25, 0.3) is 0 Å². The first-order valence-corrected chi connectivity index (χ1v) is 5.63. The van der Waals surface area contributed by atoms with Crippen molar-refractivity contribution in [3.05, 3.63) is 0 Å². The normalized spacial score (nSPS) is 15.1. The highest BCUT2D eigenvalue weighted by Crippen LogP contribution is 2.02. The van der Waals surface area contributed by atoms with E-state index in [2.05, 4.69) is 5.32 Å². The Morgan fingerprint density at radius 2 is 2.00 bits per heavy atom. The number of nitrogens with zero attached hydrogens (tertiary/aromatic N) is 1. The second-order valence-corrected chi connectivity index (χ2v) is 4.76. The SMILES string of the molecule is CN(C)CC(C)(O)CNCCCCC(=O)O. The third-order valence-corrected chi connectivity index (χ3v) is 2.16. The molecule has 0 aliphatic carbocycles. The van der Waals surface area contributed by atoms with Crippen LogP contribution in [0.1, 0.15) is 26.2 Å². The zero-order chi connectivity index (χ0) is 12.6. The average molecular weight is 232 g/mol. The molecule has 5 heteroatoms. The van der Waals surface area contributed by atoms with E-state index < -0.39 is 11.6 Å². The van der Waals surface area contributed by atoms with E-state index in [0.717, 1.165) is 13.0 Å². The molecule has 0 aromatic rings. The van der Waals surface area contributed by atoms with Crippen molar-refractivity contribution in [1.29, 1.82) is 0 Å². The number of hydrogen-bond donors (Lipinski definition) is 3. The van der Waals surface area contributed by atoms with Gasteiger partial charge in [-0.15, -0.1) is 0 Å². The molecule has 0 saturated heterocycles. The van der Waals surface area contributed by atoms with E-state index in [1.807, 2.05) is 19.0 Å². The summed E-state index contributed by atoms with van der Waals surface area (Å²) in [7, 11) is 3.84. The Hall–Kier alpha value is -0.650. The number of rotatable bonds is 9. The van der Waals surface area contributed by atoms with E-state index in [1.165, 1.54) is 0 Å². The first-order chi connectivity index (χ1) is 7.33. The number of carbonyl (C=O) groups is 1. The van der Waals surface area contributed by atoms with Gasteiger partial charge in [-0.1, -0.05) is 0 Å². The smallest absolute Gasteiger partial charge is 0.303 e. The van der Waals surface area contributed by atoms with Crippen molar-refractivity contribution >= 4 is 5.97 Å². The van der Waals surface area contributed by atoms with E-state index in [1.54, 1.807) is 6.92 Å². The van der Waals surface area contributed by atoms with Gasteiger partial charge in [-0.25, -0.2) is 0 Å². The van der Waals surface area contributed by atoms with Crippen molar-refractivity contribution in [2.75, 3.05) is 33.7 Å². The monoisotopic (exact) mass is 232 g/mol. The van der Waals surface area contributed by atoms with Gasteiger partial charge in [0.1, 0.15) is 0 Å². The molecule has 0 rings (SSSR count). The third-order valence-electron chi connectivity index (χ3n) is 2.16. The molecule has 0 radical (unpaired) electrons. The first-order valence-electron chi connectivity index (χ1n) is 5.63. The Morgan fingerprint density at radius 3 is 2.50 bits per heavy atom. The van der Waals surface area contributed by atoms with E-state index in [4.69, 9.17) is 5.11 Å². The van der Waals surface area contributed by atoms with Crippen LogP contribution in [-0.2, 0) is 4.79 Å². The minimum Gasteiger partial charge on any atom is -0.481 e. The molecule has 0 bridgehead atoms. The fraction of sp³-hybridized carbons (Fsp3) is 0.909. The standard InChI is InChI=1S/C11H24N2O3/c1-11(16,9-13(2)3)8-12-7-5-4-6-10(14)15/h12,16H,4-9H2,1-3H3,(H,14,15). The lowest BCUT2D eigenvalue weighted by Crippen LogP contribution is -2.45. The Labute approximate surface area is 97.4 Å². The Balaban J connectivity index is 3.46. The van der Waals surface area contributed by atoms with Crippen LogP contribution >= 0.6 is 0 Å². The molecule has 0 heterocycles. The average Bonchev–Trinajstić information content (AvgIpc) is 2.08. The topological polar surface area (TPSA) is 72.8 Å². The number of nitrogens with one attached hydrogen (secondary N) is 1. The molecule has 3 N–H and O–H groups in total. The van der Waals surface area contributed by atoms with E-state index in [-0.39, 0.29) is 6.42 Å². The predicted molar refractivity (Wildman–Crippen MR) is 63.5 cm³/mol. The molecular formula is C11H24N2O3. The largest absolute Gasteiger partial charge is 0.481 e. The zero-order valence-electron chi connectivity index (χ0n) is 10.5. The van der Waals surface area contributed by atoms with Crippen molar-refractivity contribution in [1.82, 2.24) is 10.2 Å². The van der Waals surface area contributed by atoms with Crippen LogP contribution in [0.5, 0.6) is 0 Å². The number of hydrogen-bond acceptors (Lipinski definition) is 4. The van der Waals surface area contributed by atoms with Crippen molar-refractivity contribution in [3.8, 4) is 0 Å². The van der Waals surface area contributed by atoms with Gasteiger partial charge in [0, 0.05) is 19.5 Å².